The van der Waals surface area contributed by atoms with E-state index in [1.54, 1.807) is 4.68 Å². The molecule has 1 saturated carbocycles. The molecule has 0 spiro atoms. The van der Waals surface area contributed by atoms with Crippen LogP contribution in [0.5, 0.6) is 0 Å². The third-order valence-electron chi connectivity index (χ3n) is 4.36. The van der Waals surface area contributed by atoms with Gasteiger partial charge in [0.25, 0.3) is 5.56 Å². The molecule has 1 saturated heterocycles. The highest BCUT2D eigenvalue weighted by Crippen LogP contribution is 2.30. The molecule has 6 nitrogen and oxygen atoms in total. The number of likely N-dealkylation sites (N-methyl/N-ethyl adjacent to an activating group) is 1. The number of nitrogens with two attached hydrogens (primary N) is 1. The lowest BCUT2D eigenvalue weighted by molar-refractivity contribution is 0.269. The van der Waals surface area contributed by atoms with Gasteiger partial charge in [-0.05, 0) is 41.7 Å². The van der Waals surface area contributed by atoms with Crippen LogP contribution < -0.4 is 16.2 Å². The van der Waals surface area contributed by atoms with Crippen LogP contribution in [0.2, 0.25) is 0 Å². The topological polar surface area (TPSA) is 67.4 Å². The summed E-state index contributed by atoms with van der Waals surface area (Å²) in [6.45, 7) is 4.05. The van der Waals surface area contributed by atoms with E-state index in [1.807, 2.05) is 6.20 Å². The van der Waals surface area contributed by atoms with Crippen LogP contribution in [0.1, 0.15) is 12.8 Å². The Hall–Kier alpha value is -0.920. The fourth-order valence-corrected chi connectivity index (χ4v) is 3.40. The molecule has 1 aromatic rings. The van der Waals surface area contributed by atoms with E-state index in [9.17, 15) is 4.79 Å². The molecule has 1 aliphatic heterocycles. The van der Waals surface area contributed by atoms with Gasteiger partial charge < -0.3 is 15.5 Å². The molecule has 21 heavy (non-hydrogen) atoms. The number of hydrogen-bond acceptors (Lipinski definition) is 5. The average molecular weight is 356 g/mol. The van der Waals surface area contributed by atoms with Gasteiger partial charge in [0.2, 0.25) is 0 Å². The normalized spacial score (nSPS) is 23.6. The highest BCUT2D eigenvalue weighted by Gasteiger charge is 2.28. The Morgan fingerprint density at radius 2 is 2.19 bits per heavy atom. The number of nitrogens with zero attached hydrogens (tertiary/aromatic N) is 4. The molecule has 0 bridgehead atoms. The fourth-order valence-electron chi connectivity index (χ4n) is 2.86. The average Bonchev–Trinajstić information content (AvgIpc) is 3.29. The smallest absolute Gasteiger partial charge is 0.283 e. The summed E-state index contributed by atoms with van der Waals surface area (Å²) in [6, 6.07) is 0.223. The second-order valence-corrected chi connectivity index (χ2v) is 6.91. The zero-order valence-corrected chi connectivity index (χ0v) is 13.9. The van der Waals surface area contributed by atoms with Crippen LogP contribution in [-0.2, 0) is 6.54 Å². The molecular formula is C14H22BrN5O. The van der Waals surface area contributed by atoms with E-state index < -0.39 is 0 Å². The van der Waals surface area contributed by atoms with Gasteiger partial charge in [0.05, 0.1) is 17.9 Å². The fraction of sp³-hybridized carbons (Fsp3) is 0.714. The Bertz CT molecular complexity index is 571. The first-order valence-corrected chi connectivity index (χ1v) is 8.30. The number of halogens is 1. The summed E-state index contributed by atoms with van der Waals surface area (Å²) in [7, 11) is 2.10. The van der Waals surface area contributed by atoms with E-state index in [-0.39, 0.29) is 11.6 Å². The van der Waals surface area contributed by atoms with Crippen molar-refractivity contribution in [1.82, 2.24) is 14.7 Å². The number of rotatable bonds is 4. The Balaban J connectivity index is 1.87. The Kier molecular flexibility index (Phi) is 4.33. The molecule has 3 rings (SSSR count). The highest BCUT2D eigenvalue weighted by molar-refractivity contribution is 9.10. The minimum atomic E-state index is -0.0332. The van der Waals surface area contributed by atoms with Gasteiger partial charge in [0, 0.05) is 32.7 Å². The second-order valence-electron chi connectivity index (χ2n) is 6.12. The van der Waals surface area contributed by atoms with Crippen LogP contribution in [0.15, 0.2) is 15.5 Å². The highest BCUT2D eigenvalue weighted by atomic mass is 79.9. The van der Waals surface area contributed by atoms with E-state index in [2.05, 4.69) is 37.9 Å². The van der Waals surface area contributed by atoms with Crippen molar-refractivity contribution >= 4 is 21.6 Å². The summed E-state index contributed by atoms with van der Waals surface area (Å²) in [5.41, 5.74) is 6.74. The first-order valence-electron chi connectivity index (χ1n) is 7.51. The summed E-state index contributed by atoms with van der Waals surface area (Å²) < 4.78 is 2.19. The molecule has 1 unspecified atom stereocenters. The number of anilines is 1. The SMILES string of the molecule is CN1CCN(c2cnn(CC3CC3)c(=O)c2Br)C(CN)C1. The molecule has 0 aromatic carbocycles. The van der Waals surface area contributed by atoms with E-state index >= 15 is 0 Å². The van der Waals surface area contributed by atoms with Gasteiger partial charge >= 0.3 is 0 Å². The molecule has 2 heterocycles. The van der Waals surface area contributed by atoms with Crippen molar-refractivity contribution in [1.29, 1.82) is 0 Å². The minimum Gasteiger partial charge on any atom is -0.362 e. The van der Waals surface area contributed by atoms with Crippen LogP contribution in [0.4, 0.5) is 5.69 Å². The summed E-state index contributed by atoms with van der Waals surface area (Å²) in [4.78, 5) is 16.9. The standard InChI is InChI=1S/C14H22BrN5O/c1-18-4-5-19(11(6-16)9-18)12-7-17-20(8-10-2-3-10)14(21)13(12)15/h7,10-11H,2-6,8-9,16H2,1H3. The molecule has 0 radical (unpaired) electrons. The van der Waals surface area contributed by atoms with Crippen LogP contribution >= 0.6 is 15.9 Å². The second kappa shape index (κ2) is 6.06. The van der Waals surface area contributed by atoms with Gasteiger partial charge in [-0.2, -0.15) is 5.10 Å². The molecule has 1 atom stereocenters. The maximum Gasteiger partial charge on any atom is 0.283 e. The predicted molar refractivity (Wildman–Crippen MR) is 86.6 cm³/mol. The van der Waals surface area contributed by atoms with Crippen LogP contribution in [0.3, 0.4) is 0 Å². The van der Waals surface area contributed by atoms with E-state index in [1.165, 1.54) is 12.8 Å². The van der Waals surface area contributed by atoms with Crippen molar-refractivity contribution in [3.05, 3.63) is 21.0 Å². The first kappa shape index (κ1) is 15.0. The van der Waals surface area contributed by atoms with E-state index in [0.717, 1.165) is 31.9 Å². The molecule has 1 aliphatic carbocycles. The summed E-state index contributed by atoms with van der Waals surface area (Å²) >= 11 is 3.48. The molecule has 0 amide bonds. The van der Waals surface area contributed by atoms with Crippen molar-refractivity contribution in [3.63, 3.8) is 0 Å². The van der Waals surface area contributed by atoms with Gasteiger partial charge in [0.1, 0.15) is 4.47 Å². The number of piperazine rings is 1. The first-order chi connectivity index (χ1) is 10.1. The summed E-state index contributed by atoms with van der Waals surface area (Å²) in [6.07, 6.45) is 4.23. The maximum absolute atomic E-state index is 12.4. The lowest BCUT2D eigenvalue weighted by atomic mass is 10.1. The van der Waals surface area contributed by atoms with Crippen molar-refractivity contribution in [2.45, 2.75) is 25.4 Å². The lowest BCUT2D eigenvalue weighted by Gasteiger charge is -2.41. The largest absolute Gasteiger partial charge is 0.362 e. The Morgan fingerprint density at radius 3 is 2.86 bits per heavy atom. The van der Waals surface area contributed by atoms with Gasteiger partial charge in [-0.3, -0.25) is 4.79 Å². The number of aromatic nitrogens is 2. The predicted octanol–water partition coefficient (Wildman–Crippen LogP) is 0.495. The molecular weight excluding hydrogens is 334 g/mol. The van der Waals surface area contributed by atoms with Gasteiger partial charge in [-0.25, -0.2) is 4.68 Å². The summed E-state index contributed by atoms with van der Waals surface area (Å²) in [5, 5.41) is 4.36. The van der Waals surface area contributed by atoms with Gasteiger partial charge in [0.15, 0.2) is 0 Å². The van der Waals surface area contributed by atoms with Crippen molar-refractivity contribution < 1.29 is 0 Å². The third kappa shape index (κ3) is 3.14. The lowest BCUT2D eigenvalue weighted by Crippen LogP contribution is -2.55. The zero-order chi connectivity index (χ0) is 15.0. The third-order valence-corrected chi connectivity index (χ3v) is 5.11. The summed E-state index contributed by atoms with van der Waals surface area (Å²) in [5.74, 6) is 0.633. The van der Waals surface area contributed by atoms with Crippen molar-refractivity contribution in [2.75, 3.05) is 38.1 Å². The van der Waals surface area contributed by atoms with Crippen molar-refractivity contribution in [2.24, 2.45) is 11.7 Å². The van der Waals surface area contributed by atoms with Crippen LogP contribution in [-0.4, -0.2) is 53.9 Å². The van der Waals surface area contributed by atoms with E-state index in [0.29, 0.717) is 16.9 Å². The van der Waals surface area contributed by atoms with Crippen molar-refractivity contribution in [3.8, 4) is 0 Å². The Morgan fingerprint density at radius 1 is 1.43 bits per heavy atom. The van der Waals surface area contributed by atoms with Crippen LogP contribution in [0, 0.1) is 5.92 Å². The quantitative estimate of drug-likeness (QED) is 0.851. The molecule has 1 aromatic heterocycles. The molecule has 2 N–H and O–H groups in total. The van der Waals surface area contributed by atoms with Crippen LogP contribution in [0.25, 0.3) is 0 Å². The van der Waals surface area contributed by atoms with E-state index in [4.69, 9.17) is 5.73 Å². The molecule has 2 fully saturated rings. The van der Waals surface area contributed by atoms with Gasteiger partial charge in [-0.1, -0.05) is 0 Å². The zero-order valence-electron chi connectivity index (χ0n) is 12.3. The number of hydrogen-bond donors (Lipinski definition) is 1. The molecule has 7 heteroatoms. The minimum absolute atomic E-state index is 0.0332. The molecule has 2 aliphatic rings. The molecule has 116 valence electrons. The monoisotopic (exact) mass is 355 g/mol. The maximum atomic E-state index is 12.4. The Labute approximate surface area is 133 Å². The van der Waals surface area contributed by atoms with Gasteiger partial charge in [-0.15, -0.1) is 0 Å².